The Kier molecular flexibility index (Phi) is 30.1. The van der Waals surface area contributed by atoms with Crippen molar-refractivity contribution in [1.29, 1.82) is 0 Å². The van der Waals surface area contributed by atoms with Crippen LogP contribution in [0.2, 0.25) is 0 Å². The molecule has 0 fully saturated rings. The van der Waals surface area contributed by atoms with Crippen LogP contribution in [0.4, 0.5) is 0 Å². The number of ether oxygens (including phenoxy) is 2. The molecule has 0 aliphatic carbocycles. The highest BCUT2D eigenvalue weighted by atomic mass is 16.6. The van der Waals surface area contributed by atoms with Crippen molar-refractivity contribution in [2.75, 3.05) is 19.8 Å². The molecule has 4 nitrogen and oxygen atoms in total. The maximum atomic E-state index is 11.2. The highest BCUT2D eigenvalue weighted by Gasteiger charge is 2.12. The Hall–Kier alpha value is -0.610. The van der Waals surface area contributed by atoms with Gasteiger partial charge in [0.1, 0.15) is 6.10 Å². The highest BCUT2D eigenvalue weighted by Crippen LogP contribution is 2.15. The summed E-state index contributed by atoms with van der Waals surface area (Å²) in [6.45, 7) is 4.84. The Balaban J connectivity index is 3.14. The zero-order valence-corrected chi connectivity index (χ0v) is 24.5. The first-order chi connectivity index (χ1) is 17.7. The van der Waals surface area contributed by atoms with Crippen LogP contribution in [-0.4, -0.2) is 37.0 Å². The molecule has 36 heavy (non-hydrogen) atoms. The molecule has 0 aromatic carbocycles. The summed E-state index contributed by atoms with van der Waals surface area (Å²) in [5, 5.41) is 9.21. The number of unbranched alkanes of at least 4 members (excludes halogenated alkanes) is 23. The van der Waals surface area contributed by atoms with E-state index in [1.165, 1.54) is 148 Å². The summed E-state index contributed by atoms with van der Waals surface area (Å²) in [6.07, 6.45) is 33.4. The van der Waals surface area contributed by atoms with E-state index in [-0.39, 0.29) is 12.6 Å². The van der Waals surface area contributed by atoms with Crippen LogP contribution in [0.1, 0.15) is 174 Å². The quantitative estimate of drug-likeness (QED) is 0.0768. The van der Waals surface area contributed by atoms with Crippen molar-refractivity contribution in [3.63, 3.8) is 0 Å². The van der Waals surface area contributed by atoms with Gasteiger partial charge in [0.25, 0.3) is 0 Å². The molecule has 0 aliphatic heterocycles. The third kappa shape index (κ3) is 28.0. The average Bonchev–Trinajstić information content (AvgIpc) is 2.89. The first-order valence-electron chi connectivity index (χ1n) is 16.1. The van der Waals surface area contributed by atoms with Gasteiger partial charge in [0, 0.05) is 13.0 Å². The van der Waals surface area contributed by atoms with Crippen LogP contribution in [0.25, 0.3) is 0 Å². The van der Waals surface area contributed by atoms with Crippen molar-refractivity contribution < 1.29 is 19.4 Å². The molecule has 0 bridgehead atoms. The van der Waals surface area contributed by atoms with Crippen LogP contribution in [0, 0.1) is 0 Å². The van der Waals surface area contributed by atoms with E-state index in [0.29, 0.717) is 19.6 Å². The monoisotopic (exact) mass is 512 g/mol. The molecule has 0 rings (SSSR count). The molecule has 0 aromatic heterocycles. The third-order valence-electron chi connectivity index (χ3n) is 7.24. The smallest absolute Gasteiger partial charge is 0.305 e. The zero-order chi connectivity index (χ0) is 26.4. The van der Waals surface area contributed by atoms with E-state index >= 15 is 0 Å². The number of hydrogen-bond acceptors (Lipinski definition) is 4. The van der Waals surface area contributed by atoms with Crippen LogP contribution in [0.5, 0.6) is 0 Å². The molecular weight excluding hydrogens is 448 g/mol. The minimum atomic E-state index is -0.521. The van der Waals surface area contributed by atoms with E-state index in [4.69, 9.17) is 9.47 Å². The Morgan fingerprint density at radius 2 is 0.889 bits per heavy atom. The fraction of sp³-hybridized carbons (Fsp3) is 0.969. The van der Waals surface area contributed by atoms with E-state index in [2.05, 4.69) is 6.92 Å². The van der Waals surface area contributed by atoms with Gasteiger partial charge in [-0.1, -0.05) is 162 Å². The van der Waals surface area contributed by atoms with Crippen molar-refractivity contribution in [3.8, 4) is 0 Å². The van der Waals surface area contributed by atoms with E-state index in [9.17, 15) is 9.90 Å². The van der Waals surface area contributed by atoms with Crippen molar-refractivity contribution in [1.82, 2.24) is 0 Å². The highest BCUT2D eigenvalue weighted by molar-refractivity contribution is 5.69. The van der Waals surface area contributed by atoms with E-state index < -0.39 is 6.10 Å². The first kappa shape index (κ1) is 35.4. The van der Waals surface area contributed by atoms with Crippen LogP contribution in [0.15, 0.2) is 0 Å². The van der Waals surface area contributed by atoms with Crippen molar-refractivity contribution in [2.45, 2.75) is 180 Å². The van der Waals surface area contributed by atoms with Crippen LogP contribution in [-0.2, 0) is 14.3 Å². The molecule has 4 heteroatoms. The van der Waals surface area contributed by atoms with Gasteiger partial charge in [-0.2, -0.15) is 0 Å². The molecule has 1 unspecified atom stereocenters. The summed E-state index contributed by atoms with van der Waals surface area (Å²) in [5.74, 6) is -0.285. The Morgan fingerprint density at radius 1 is 0.556 bits per heavy atom. The second kappa shape index (κ2) is 30.6. The maximum Gasteiger partial charge on any atom is 0.305 e. The molecule has 1 N–H and O–H groups in total. The molecule has 0 radical (unpaired) electrons. The normalized spacial score (nSPS) is 12.2. The zero-order valence-electron chi connectivity index (χ0n) is 24.5. The number of aliphatic hydroxyl groups excluding tert-OH is 1. The number of rotatable bonds is 30. The lowest BCUT2D eigenvalue weighted by Crippen LogP contribution is -2.27. The molecule has 0 saturated heterocycles. The van der Waals surface area contributed by atoms with Gasteiger partial charge in [-0.05, 0) is 6.42 Å². The average molecular weight is 513 g/mol. The molecule has 0 saturated carbocycles. The molecule has 0 aliphatic rings. The summed E-state index contributed by atoms with van der Waals surface area (Å²) in [4.78, 5) is 11.2. The summed E-state index contributed by atoms with van der Waals surface area (Å²) in [6, 6.07) is 0. The van der Waals surface area contributed by atoms with Gasteiger partial charge in [-0.25, -0.2) is 0 Å². The summed E-state index contributed by atoms with van der Waals surface area (Å²) in [7, 11) is 0. The summed E-state index contributed by atoms with van der Waals surface area (Å²) >= 11 is 0. The fourth-order valence-electron chi connectivity index (χ4n) is 4.77. The summed E-state index contributed by atoms with van der Waals surface area (Å²) < 4.78 is 10.6. The second-order valence-electron chi connectivity index (χ2n) is 10.9. The van der Waals surface area contributed by atoms with Gasteiger partial charge in [-0.15, -0.1) is 0 Å². The van der Waals surface area contributed by atoms with Crippen LogP contribution in [0.3, 0.4) is 0 Å². The Labute approximate surface area is 225 Å². The predicted molar refractivity (Wildman–Crippen MR) is 155 cm³/mol. The Morgan fingerprint density at radius 3 is 1.19 bits per heavy atom. The molecule has 0 spiro atoms. The predicted octanol–water partition coefficient (Wildman–Crippen LogP) is 9.70. The Bertz CT molecular complexity index is 426. The van der Waals surface area contributed by atoms with E-state index in [1.54, 1.807) is 6.92 Å². The number of hydrogen-bond donors (Lipinski definition) is 1. The molecule has 0 aromatic rings. The van der Waals surface area contributed by atoms with E-state index in [0.717, 1.165) is 6.42 Å². The van der Waals surface area contributed by atoms with Gasteiger partial charge in [-0.3, -0.25) is 4.79 Å². The van der Waals surface area contributed by atoms with E-state index in [1.807, 2.05) is 0 Å². The number of esters is 1. The fourth-order valence-corrected chi connectivity index (χ4v) is 4.77. The number of carbonyl (C=O) groups is 1. The molecular formula is C32H64O4. The summed E-state index contributed by atoms with van der Waals surface area (Å²) in [5.41, 5.74) is 0. The van der Waals surface area contributed by atoms with Gasteiger partial charge < -0.3 is 14.6 Å². The van der Waals surface area contributed by atoms with Crippen LogP contribution < -0.4 is 0 Å². The number of aliphatic hydroxyl groups is 1. The topological polar surface area (TPSA) is 55.8 Å². The lowest BCUT2D eigenvalue weighted by atomic mass is 10.0. The lowest BCUT2D eigenvalue weighted by molar-refractivity contribution is -0.154. The van der Waals surface area contributed by atoms with Gasteiger partial charge in [0.05, 0.1) is 13.2 Å². The minimum absolute atomic E-state index is 0.175. The van der Waals surface area contributed by atoms with Crippen LogP contribution >= 0.6 is 0 Å². The standard InChI is InChI=1S/C32H64O4/c1-3-5-6-7-8-9-10-11-12-13-14-15-16-17-18-19-20-21-22-23-24-25-26-27-28-35-30-31(29-33)36-32(34)4-2/h31,33H,3-30H2,1-2H3. The lowest BCUT2D eigenvalue weighted by Gasteiger charge is -2.15. The molecule has 216 valence electrons. The first-order valence-corrected chi connectivity index (χ1v) is 16.1. The van der Waals surface area contributed by atoms with Gasteiger partial charge >= 0.3 is 5.97 Å². The molecule has 0 heterocycles. The largest absolute Gasteiger partial charge is 0.457 e. The number of carbonyl (C=O) groups excluding carboxylic acids is 1. The van der Waals surface area contributed by atoms with Gasteiger partial charge in [0.2, 0.25) is 0 Å². The third-order valence-corrected chi connectivity index (χ3v) is 7.24. The SMILES string of the molecule is CCCCCCCCCCCCCCCCCCCCCCCCCCOCC(CO)OC(=O)CC. The van der Waals surface area contributed by atoms with Crippen molar-refractivity contribution >= 4 is 5.97 Å². The van der Waals surface area contributed by atoms with Crippen molar-refractivity contribution in [2.24, 2.45) is 0 Å². The second-order valence-corrected chi connectivity index (χ2v) is 10.9. The molecule has 1 atom stereocenters. The molecule has 0 amide bonds. The maximum absolute atomic E-state index is 11.2. The van der Waals surface area contributed by atoms with Gasteiger partial charge in [0.15, 0.2) is 0 Å². The van der Waals surface area contributed by atoms with Crippen molar-refractivity contribution in [3.05, 3.63) is 0 Å². The minimum Gasteiger partial charge on any atom is -0.457 e.